The Morgan fingerprint density at radius 2 is 1.83 bits per heavy atom. The van der Waals surface area contributed by atoms with E-state index in [2.05, 4.69) is 17.9 Å². The number of carbonyl (C=O) groups is 1. The Balaban J connectivity index is 1.39. The van der Waals surface area contributed by atoms with E-state index in [1.165, 1.54) is 5.56 Å². The van der Waals surface area contributed by atoms with Crippen molar-refractivity contribution in [2.24, 2.45) is 0 Å². The van der Waals surface area contributed by atoms with E-state index < -0.39 is 0 Å². The summed E-state index contributed by atoms with van der Waals surface area (Å²) in [5.41, 5.74) is 1.85. The van der Waals surface area contributed by atoms with Crippen LogP contribution in [0.3, 0.4) is 0 Å². The molecule has 0 saturated carbocycles. The highest BCUT2D eigenvalue weighted by Gasteiger charge is 2.26. The molecular formula is C24H32N2O4. The van der Waals surface area contributed by atoms with Gasteiger partial charge in [0.2, 0.25) is 0 Å². The van der Waals surface area contributed by atoms with Gasteiger partial charge in [-0.2, -0.15) is 0 Å². The summed E-state index contributed by atoms with van der Waals surface area (Å²) in [6, 6.07) is 7.66. The Hall–Kier alpha value is -2.47. The molecule has 0 bridgehead atoms. The molecule has 0 atom stereocenters. The van der Waals surface area contributed by atoms with Crippen LogP contribution in [-0.2, 0) is 6.54 Å². The number of amides is 1. The second kappa shape index (κ2) is 9.13. The van der Waals surface area contributed by atoms with Gasteiger partial charge in [0, 0.05) is 32.2 Å². The second-order valence-corrected chi connectivity index (χ2v) is 8.41. The lowest BCUT2D eigenvalue weighted by Gasteiger charge is -2.32. The number of nitrogens with zero attached hydrogens (tertiary/aromatic N) is 2. The molecule has 0 N–H and O–H groups in total. The molecule has 2 aromatic rings. The van der Waals surface area contributed by atoms with Crippen LogP contribution in [-0.4, -0.2) is 55.1 Å². The van der Waals surface area contributed by atoms with Gasteiger partial charge in [-0.25, -0.2) is 0 Å². The second-order valence-electron chi connectivity index (χ2n) is 8.41. The van der Waals surface area contributed by atoms with Crippen molar-refractivity contribution in [1.29, 1.82) is 0 Å². The SMILES string of the molecule is COc1ccc(C(=O)N2CCCC2)c(OC2CCN(Cc3cc(C)c(C)o3)CC2)c1. The number of benzene rings is 1. The molecule has 2 saturated heterocycles. The Labute approximate surface area is 178 Å². The maximum Gasteiger partial charge on any atom is 0.257 e. The third-order valence-corrected chi connectivity index (χ3v) is 6.24. The number of carbonyl (C=O) groups excluding carboxylic acids is 1. The maximum atomic E-state index is 13.0. The van der Waals surface area contributed by atoms with Crippen molar-refractivity contribution in [1.82, 2.24) is 9.80 Å². The van der Waals surface area contributed by atoms with Gasteiger partial charge in [-0.3, -0.25) is 9.69 Å². The molecule has 0 spiro atoms. The van der Waals surface area contributed by atoms with Gasteiger partial charge >= 0.3 is 0 Å². The summed E-state index contributed by atoms with van der Waals surface area (Å²) in [6.45, 7) is 8.47. The summed E-state index contributed by atoms with van der Waals surface area (Å²) in [5, 5.41) is 0. The molecule has 2 aliphatic rings. The first-order valence-electron chi connectivity index (χ1n) is 11.0. The van der Waals surface area contributed by atoms with Crippen molar-refractivity contribution in [3.8, 4) is 11.5 Å². The molecule has 2 fully saturated rings. The zero-order valence-electron chi connectivity index (χ0n) is 18.3. The van der Waals surface area contributed by atoms with Crippen molar-refractivity contribution in [2.75, 3.05) is 33.3 Å². The highest BCUT2D eigenvalue weighted by atomic mass is 16.5. The Morgan fingerprint density at radius 3 is 2.47 bits per heavy atom. The number of furan rings is 1. The van der Waals surface area contributed by atoms with Gasteiger partial charge in [-0.1, -0.05) is 0 Å². The highest BCUT2D eigenvalue weighted by Crippen LogP contribution is 2.30. The van der Waals surface area contributed by atoms with Crippen LogP contribution < -0.4 is 9.47 Å². The first-order valence-corrected chi connectivity index (χ1v) is 11.0. The van der Waals surface area contributed by atoms with E-state index in [4.69, 9.17) is 13.9 Å². The van der Waals surface area contributed by atoms with Gasteiger partial charge in [0.25, 0.3) is 5.91 Å². The van der Waals surface area contributed by atoms with E-state index in [0.29, 0.717) is 17.1 Å². The molecule has 1 amide bonds. The minimum Gasteiger partial charge on any atom is -0.497 e. The molecule has 0 unspecified atom stereocenters. The van der Waals surface area contributed by atoms with Gasteiger partial charge < -0.3 is 18.8 Å². The van der Waals surface area contributed by atoms with E-state index in [0.717, 1.165) is 69.9 Å². The average Bonchev–Trinajstić information content (AvgIpc) is 3.39. The molecule has 162 valence electrons. The summed E-state index contributed by atoms with van der Waals surface area (Å²) in [7, 11) is 1.64. The monoisotopic (exact) mass is 412 g/mol. The fourth-order valence-electron chi connectivity index (χ4n) is 4.31. The zero-order chi connectivity index (χ0) is 21.1. The van der Waals surface area contributed by atoms with Crippen molar-refractivity contribution < 1.29 is 18.7 Å². The quantitative estimate of drug-likeness (QED) is 0.712. The highest BCUT2D eigenvalue weighted by molar-refractivity contribution is 5.97. The number of hydrogen-bond donors (Lipinski definition) is 0. The van der Waals surface area contributed by atoms with E-state index in [9.17, 15) is 4.79 Å². The minimum atomic E-state index is 0.0612. The molecule has 3 heterocycles. The standard InChI is InChI=1S/C24H32N2O4/c1-17-14-21(29-18(17)2)16-25-12-8-19(9-13-25)30-23-15-20(28-3)6-7-22(23)24(27)26-10-4-5-11-26/h6-7,14-15,19H,4-5,8-13,16H2,1-3H3. The molecular weight excluding hydrogens is 380 g/mol. The summed E-state index contributed by atoms with van der Waals surface area (Å²) in [4.78, 5) is 17.3. The maximum absolute atomic E-state index is 13.0. The number of methoxy groups -OCH3 is 1. The summed E-state index contributed by atoms with van der Waals surface area (Å²) in [6.07, 6.45) is 4.09. The molecule has 1 aromatic heterocycles. The molecule has 4 rings (SSSR count). The molecule has 2 aliphatic heterocycles. The molecule has 6 heteroatoms. The van der Waals surface area contributed by atoms with Gasteiger partial charge in [0.15, 0.2) is 0 Å². The number of piperidine rings is 1. The lowest BCUT2D eigenvalue weighted by atomic mass is 10.1. The van der Waals surface area contributed by atoms with Crippen molar-refractivity contribution in [2.45, 2.75) is 52.2 Å². The first kappa shape index (κ1) is 20.8. The van der Waals surface area contributed by atoms with Crippen LogP contribution >= 0.6 is 0 Å². The lowest BCUT2D eigenvalue weighted by molar-refractivity contribution is 0.0759. The third kappa shape index (κ3) is 4.64. The number of hydrogen-bond acceptors (Lipinski definition) is 5. The van der Waals surface area contributed by atoms with E-state index in [1.54, 1.807) is 7.11 Å². The Kier molecular flexibility index (Phi) is 6.32. The predicted molar refractivity (Wildman–Crippen MR) is 115 cm³/mol. The number of ether oxygens (including phenoxy) is 2. The zero-order valence-corrected chi connectivity index (χ0v) is 18.3. The van der Waals surface area contributed by atoms with Crippen LogP contribution in [0.4, 0.5) is 0 Å². The predicted octanol–water partition coefficient (Wildman–Crippen LogP) is 4.18. The summed E-state index contributed by atoms with van der Waals surface area (Å²) >= 11 is 0. The van der Waals surface area contributed by atoms with Crippen LogP contribution in [0.5, 0.6) is 11.5 Å². The van der Waals surface area contributed by atoms with Gasteiger partial charge in [-0.05, 0) is 63.3 Å². The molecule has 6 nitrogen and oxygen atoms in total. The topological polar surface area (TPSA) is 55.1 Å². The Bertz CT molecular complexity index is 858. The van der Waals surface area contributed by atoms with Crippen LogP contribution in [0.2, 0.25) is 0 Å². The number of rotatable bonds is 6. The van der Waals surface area contributed by atoms with Crippen molar-refractivity contribution >= 4 is 5.91 Å². The van der Waals surface area contributed by atoms with Crippen LogP contribution in [0.15, 0.2) is 28.7 Å². The van der Waals surface area contributed by atoms with E-state index in [-0.39, 0.29) is 12.0 Å². The van der Waals surface area contributed by atoms with E-state index in [1.807, 2.05) is 30.0 Å². The van der Waals surface area contributed by atoms with Crippen LogP contribution in [0.1, 0.15) is 53.1 Å². The van der Waals surface area contributed by atoms with Crippen LogP contribution in [0, 0.1) is 13.8 Å². The minimum absolute atomic E-state index is 0.0612. The summed E-state index contributed by atoms with van der Waals surface area (Å²) in [5.74, 6) is 3.43. The average molecular weight is 413 g/mol. The van der Waals surface area contributed by atoms with Gasteiger partial charge in [-0.15, -0.1) is 0 Å². The third-order valence-electron chi connectivity index (χ3n) is 6.24. The summed E-state index contributed by atoms with van der Waals surface area (Å²) < 4.78 is 17.6. The molecule has 0 aliphatic carbocycles. The Morgan fingerprint density at radius 1 is 1.10 bits per heavy atom. The van der Waals surface area contributed by atoms with Gasteiger partial charge in [0.05, 0.1) is 19.2 Å². The lowest BCUT2D eigenvalue weighted by Crippen LogP contribution is -2.38. The smallest absolute Gasteiger partial charge is 0.257 e. The number of aryl methyl sites for hydroxylation is 2. The van der Waals surface area contributed by atoms with Gasteiger partial charge in [0.1, 0.15) is 29.1 Å². The largest absolute Gasteiger partial charge is 0.497 e. The molecule has 0 radical (unpaired) electrons. The first-order chi connectivity index (χ1) is 14.5. The van der Waals surface area contributed by atoms with Crippen molar-refractivity contribution in [3.63, 3.8) is 0 Å². The molecule has 30 heavy (non-hydrogen) atoms. The fourth-order valence-corrected chi connectivity index (χ4v) is 4.31. The van der Waals surface area contributed by atoms with Crippen molar-refractivity contribution in [3.05, 3.63) is 46.9 Å². The number of likely N-dealkylation sites (tertiary alicyclic amines) is 2. The normalized spacial score (nSPS) is 18.0. The molecule has 1 aromatic carbocycles. The van der Waals surface area contributed by atoms with E-state index >= 15 is 0 Å². The fraction of sp³-hybridized carbons (Fsp3) is 0.542. The van der Waals surface area contributed by atoms with Crippen LogP contribution in [0.25, 0.3) is 0 Å².